The zero-order chi connectivity index (χ0) is 15.2. The van der Waals surface area contributed by atoms with Gasteiger partial charge in [0.1, 0.15) is 5.75 Å². The van der Waals surface area contributed by atoms with E-state index in [1.807, 2.05) is 19.9 Å². The van der Waals surface area contributed by atoms with E-state index in [0.29, 0.717) is 29.4 Å². The number of carbonyl (C=O) groups is 1. The van der Waals surface area contributed by atoms with Gasteiger partial charge >= 0.3 is 0 Å². The van der Waals surface area contributed by atoms with Crippen LogP contribution in [0.1, 0.15) is 29.3 Å². The third kappa shape index (κ3) is 4.43. The summed E-state index contributed by atoms with van der Waals surface area (Å²) in [5, 5.41) is 0.605. The Morgan fingerprint density at radius 2 is 2.10 bits per heavy atom. The van der Waals surface area contributed by atoms with Crippen LogP contribution in [0.4, 0.5) is 0 Å². The number of Topliss-reactive ketones (excluding diaryl/α,β-unsaturated/α-hetero) is 1. The van der Waals surface area contributed by atoms with E-state index in [4.69, 9.17) is 21.1 Å². The number of nitrogens with zero attached hydrogens (tertiary/aromatic N) is 1. The second kappa shape index (κ2) is 7.78. The van der Waals surface area contributed by atoms with Gasteiger partial charge in [0.25, 0.3) is 0 Å². The molecule has 0 radical (unpaired) electrons. The molecular formula is C16H22ClNO3. The maximum absolute atomic E-state index is 12.4. The molecule has 1 aromatic rings. The number of aryl methyl sites for hydroxylation is 1. The van der Waals surface area contributed by atoms with Crippen molar-refractivity contribution in [3.63, 3.8) is 0 Å². The maximum Gasteiger partial charge on any atom is 0.167 e. The van der Waals surface area contributed by atoms with Crippen molar-refractivity contribution in [1.29, 1.82) is 0 Å². The van der Waals surface area contributed by atoms with Crippen molar-refractivity contribution in [2.75, 3.05) is 39.5 Å². The number of ketones is 1. The fourth-order valence-electron chi connectivity index (χ4n) is 2.37. The molecule has 5 heteroatoms. The van der Waals surface area contributed by atoms with Gasteiger partial charge in [0.05, 0.1) is 25.4 Å². The van der Waals surface area contributed by atoms with E-state index in [1.54, 1.807) is 6.07 Å². The molecule has 1 heterocycles. The summed E-state index contributed by atoms with van der Waals surface area (Å²) in [7, 11) is 0. The number of hydrogen-bond acceptors (Lipinski definition) is 4. The Morgan fingerprint density at radius 1 is 1.38 bits per heavy atom. The van der Waals surface area contributed by atoms with Crippen molar-refractivity contribution in [1.82, 2.24) is 4.90 Å². The van der Waals surface area contributed by atoms with Crippen LogP contribution in [0.25, 0.3) is 0 Å². The average Bonchev–Trinajstić information content (AvgIpc) is 2.49. The molecule has 0 N–H and O–H groups in total. The summed E-state index contributed by atoms with van der Waals surface area (Å²) in [5.41, 5.74) is 1.51. The molecule has 2 rings (SSSR count). The van der Waals surface area contributed by atoms with Gasteiger partial charge in [-0.2, -0.15) is 0 Å². The molecule has 1 aliphatic heterocycles. The van der Waals surface area contributed by atoms with E-state index in [9.17, 15) is 4.79 Å². The molecule has 0 amide bonds. The lowest BCUT2D eigenvalue weighted by Gasteiger charge is -2.26. The lowest BCUT2D eigenvalue weighted by atomic mass is 10.0. The third-order valence-corrected chi connectivity index (χ3v) is 4.03. The lowest BCUT2D eigenvalue weighted by Crippen LogP contribution is -2.37. The van der Waals surface area contributed by atoms with Crippen molar-refractivity contribution in [2.45, 2.75) is 20.3 Å². The molecule has 0 bridgehead atoms. The van der Waals surface area contributed by atoms with Crippen LogP contribution in [0.2, 0.25) is 5.02 Å². The van der Waals surface area contributed by atoms with Gasteiger partial charge in [-0.3, -0.25) is 9.69 Å². The standard InChI is InChI=1S/C16H22ClNO3/c1-3-21-16-10-12(2)14(17)11-13(16)15(19)4-5-18-6-8-20-9-7-18/h10-11H,3-9H2,1-2H3. The van der Waals surface area contributed by atoms with Gasteiger partial charge < -0.3 is 9.47 Å². The molecule has 116 valence electrons. The number of halogens is 1. The monoisotopic (exact) mass is 311 g/mol. The van der Waals surface area contributed by atoms with Gasteiger partial charge in [-0.05, 0) is 31.5 Å². The Morgan fingerprint density at radius 3 is 2.76 bits per heavy atom. The molecule has 0 unspecified atom stereocenters. The van der Waals surface area contributed by atoms with Crippen LogP contribution in [-0.4, -0.2) is 50.1 Å². The smallest absolute Gasteiger partial charge is 0.167 e. The Labute approximate surface area is 131 Å². The first-order valence-corrected chi connectivity index (χ1v) is 7.76. The summed E-state index contributed by atoms with van der Waals surface area (Å²) >= 11 is 6.14. The summed E-state index contributed by atoms with van der Waals surface area (Å²) in [6.45, 7) is 8.37. The predicted octanol–water partition coefficient (Wildman–Crippen LogP) is 2.95. The fourth-order valence-corrected chi connectivity index (χ4v) is 2.53. The normalized spacial score (nSPS) is 16.0. The van der Waals surface area contributed by atoms with E-state index in [0.717, 1.165) is 38.4 Å². The molecule has 0 saturated carbocycles. The van der Waals surface area contributed by atoms with Gasteiger partial charge in [-0.1, -0.05) is 11.6 Å². The molecule has 4 nitrogen and oxygen atoms in total. The molecule has 0 aliphatic carbocycles. The van der Waals surface area contributed by atoms with Gasteiger partial charge in [0.2, 0.25) is 0 Å². The van der Waals surface area contributed by atoms with E-state index in [1.165, 1.54) is 0 Å². The number of carbonyl (C=O) groups excluding carboxylic acids is 1. The minimum atomic E-state index is 0.0758. The highest BCUT2D eigenvalue weighted by molar-refractivity contribution is 6.31. The van der Waals surface area contributed by atoms with Gasteiger partial charge in [0.15, 0.2) is 5.78 Å². The van der Waals surface area contributed by atoms with Gasteiger partial charge in [-0.15, -0.1) is 0 Å². The lowest BCUT2D eigenvalue weighted by molar-refractivity contribution is 0.0370. The largest absolute Gasteiger partial charge is 0.493 e. The highest BCUT2D eigenvalue weighted by atomic mass is 35.5. The van der Waals surface area contributed by atoms with Crippen LogP contribution in [0, 0.1) is 6.92 Å². The average molecular weight is 312 g/mol. The minimum Gasteiger partial charge on any atom is -0.493 e. The van der Waals surface area contributed by atoms with Crippen molar-refractivity contribution < 1.29 is 14.3 Å². The number of morpholine rings is 1. The van der Waals surface area contributed by atoms with Crippen LogP contribution in [-0.2, 0) is 4.74 Å². The first-order chi connectivity index (χ1) is 10.1. The van der Waals surface area contributed by atoms with Crippen molar-refractivity contribution in [2.24, 2.45) is 0 Å². The van der Waals surface area contributed by atoms with E-state index in [2.05, 4.69) is 4.90 Å². The number of hydrogen-bond donors (Lipinski definition) is 0. The van der Waals surface area contributed by atoms with E-state index in [-0.39, 0.29) is 5.78 Å². The molecule has 0 atom stereocenters. The summed E-state index contributed by atoms with van der Waals surface area (Å²) in [6, 6.07) is 3.57. The van der Waals surface area contributed by atoms with E-state index < -0.39 is 0 Å². The van der Waals surface area contributed by atoms with Crippen LogP contribution in [0.3, 0.4) is 0 Å². The molecule has 21 heavy (non-hydrogen) atoms. The topological polar surface area (TPSA) is 38.8 Å². The zero-order valence-electron chi connectivity index (χ0n) is 12.7. The summed E-state index contributed by atoms with van der Waals surface area (Å²) in [4.78, 5) is 14.7. The minimum absolute atomic E-state index is 0.0758. The molecule has 1 saturated heterocycles. The van der Waals surface area contributed by atoms with Crippen molar-refractivity contribution >= 4 is 17.4 Å². The molecule has 0 spiro atoms. The van der Waals surface area contributed by atoms with Crippen LogP contribution >= 0.6 is 11.6 Å². The quantitative estimate of drug-likeness (QED) is 0.757. The van der Waals surface area contributed by atoms with Gasteiger partial charge in [-0.25, -0.2) is 0 Å². The summed E-state index contributed by atoms with van der Waals surface area (Å²) in [6.07, 6.45) is 0.472. The highest BCUT2D eigenvalue weighted by Gasteiger charge is 2.17. The Bertz CT molecular complexity index is 499. The van der Waals surface area contributed by atoms with Crippen LogP contribution in [0.15, 0.2) is 12.1 Å². The Hall–Kier alpha value is -1.10. The van der Waals surface area contributed by atoms with E-state index >= 15 is 0 Å². The second-order valence-corrected chi connectivity index (χ2v) is 5.56. The Kier molecular flexibility index (Phi) is 6.03. The summed E-state index contributed by atoms with van der Waals surface area (Å²) in [5.74, 6) is 0.707. The highest BCUT2D eigenvalue weighted by Crippen LogP contribution is 2.28. The first-order valence-electron chi connectivity index (χ1n) is 7.38. The predicted molar refractivity (Wildman–Crippen MR) is 83.6 cm³/mol. The second-order valence-electron chi connectivity index (χ2n) is 5.16. The number of benzene rings is 1. The zero-order valence-corrected chi connectivity index (χ0v) is 13.4. The SMILES string of the molecule is CCOc1cc(C)c(Cl)cc1C(=O)CCN1CCOCC1. The molecule has 1 aromatic carbocycles. The number of rotatable bonds is 6. The molecular weight excluding hydrogens is 290 g/mol. The van der Waals surface area contributed by atoms with Crippen LogP contribution in [0.5, 0.6) is 5.75 Å². The molecule has 1 fully saturated rings. The summed E-state index contributed by atoms with van der Waals surface area (Å²) < 4.78 is 10.9. The third-order valence-electron chi connectivity index (χ3n) is 3.62. The first kappa shape index (κ1) is 16.3. The van der Waals surface area contributed by atoms with Gasteiger partial charge in [0, 0.05) is 31.1 Å². The van der Waals surface area contributed by atoms with Crippen molar-refractivity contribution in [3.05, 3.63) is 28.3 Å². The van der Waals surface area contributed by atoms with Crippen molar-refractivity contribution in [3.8, 4) is 5.75 Å². The molecule has 1 aliphatic rings. The van der Waals surface area contributed by atoms with Crippen LogP contribution < -0.4 is 4.74 Å². The molecule has 0 aromatic heterocycles. The number of ether oxygens (including phenoxy) is 2. The Balaban J connectivity index is 2.04. The maximum atomic E-state index is 12.4. The fraction of sp³-hybridized carbons (Fsp3) is 0.562.